The van der Waals surface area contributed by atoms with E-state index in [0.29, 0.717) is 30.5 Å². The van der Waals surface area contributed by atoms with Gasteiger partial charge in [0.1, 0.15) is 18.5 Å². The molecule has 2 atom stereocenters. The van der Waals surface area contributed by atoms with E-state index in [0.717, 1.165) is 13.1 Å². The molecule has 0 spiro atoms. The Morgan fingerprint density at radius 3 is 2.55 bits per heavy atom. The molecule has 0 radical (unpaired) electrons. The number of nitrogens with zero attached hydrogens (tertiary/aromatic N) is 1. The first-order valence-corrected chi connectivity index (χ1v) is 10.3. The molecule has 0 aliphatic carbocycles. The van der Waals surface area contributed by atoms with Gasteiger partial charge in [-0.1, -0.05) is 13.0 Å². The fraction of sp³-hybridized carbons (Fsp3) is 0.571. The van der Waals surface area contributed by atoms with Crippen LogP contribution >= 0.6 is 0 Å². The summed E-state index contributed by atoms with van der Waals surface area (Å²) in [6.45, 7) is 8.11. The van der Waals surface area contributed by atoms with Gasteiger partial charge in [-0.05, 0) is 51.1 Å². The molecule has 1 fully saturated rings. The minimum atomic E-state index is -1.82. The summed E-state index contributed by atoms with van der Waals surface area (Å²) in [5, 5.41) is 28.2. The molecule has 2 unspecified atom stereocenters. The number of likely N-dealkylation sites (tertiary alicyclic amines) is 1. The Balaban J connectivity index is 0.000000703. The summed E-state index contributed by atoms with van der Waals surface area (Å²) < 4.78 is 10.6. The van der Waals surface area contributed by atoms with E-state index in [4.69, 9.17) is 29.3 Å². The topological polar surface area (TPSA) is 146 Å². The quantitative estimate of drug-likeness (QED) is 0.305. The number of carboxylic acid groups (broad SMARTS) is 2. The van der Waals surface area contributed by atoms with Crippen LogP contribution in [0, 0.1) is 0 Å². The monoisotopic (exact) mass is 440 g/mol. The number of hydrogen-bond donors (Lipinski definition) is 4. The lowest BCUT2D eigenvalue weighted by Crippen LogP contribution is -2.41. The third kappa shape index (κ3) is 10.3. The summed E-state index contributed by atoms with van der Waals surface area (Å²) in [5.74, 6) is -3.46. The molecule has 1 aromatic rings. The molecule has 2 rings (SSSR count). The standard InChI is InChI=1S/C19H30N2O4.C2H2O4/c1-3-21-10-6-8-16(21)12-20-13-17(22)14-25-18-9-5-7-15(11-18)19(23)24-4-2;3-1(4)2(5)6/h5,7,9,11,16-17,20,22H,3-4,6,8,10,12-14H2,1-2H3;(H,3,4)(H,5,6). The van der Waals surface area contributed by atoms with E-state index < -0.39 is 18.0 Å². The minimum absolute atomic E-state index is 0.182. The molecule has 1 aliphatic rings. The Labute approximate surface area is 181 Å². The van der Waals surface area contributed by atoms with Gasteiger partial charge >= 0.3 is 17.9 Å². The van der Waals surface area contributed by atoms with Gasteiger partial charge in [-0.2, -0.15) is 0 Å². The number of rotatable bonds is 10. The average Bonchev–Trinajstić information content (AvgIpc) is 3.20. The number of esters is 1. The Hall–Kier alpha value is -2.69. The number of benzene rings is 1. The maximum atomic E-state index is 11.7. The van der Waals surface area contributed by atoms with E-state index in [2.05, 4.69) is 17.1 Å². The average molecular weight is 440 g/mol. The smallest absolute Gasteiger partial charge is 0.414 e. The van der Waals surface area contributed by atoms with Crippen molar-refractivity contribution in [2.24, 2.45) is 0 Å². The van der Waals surface area contributed by atoms with Gasteiger partial charge in [0.2, 0.25) is 0 Å². The van der Waals surface area contributed by atoms with Gasteiger partial charge in [-0.25, -0.2) is 14.4 Å². The number of carbonyl (C=O) groups excluding carboxylic acids is 1. The summed E-state index contributed by atoms with van der Waals surface area (Å²) in [5.41, 5.74) is 0.452. The summed E-state index contributed by atoms with van der Waals surface area (Å²) in [6.07, 6.45) is 1.87. The van der Waals surface area contributed by atoms with Crippen LogP contribution in [0.15, 0.2) is 24.3 Å². The van der Waals surface area contributed by atoms with E-state index in [1.165, 1.54) is 19.4 Å². The molecule has 4 N–H and O–H groups in total. The van der Waals surface area contributed by atoms with Gasteiger partial charge in [0.05, 0.1) is 12.2 Å². The Kier molecular flexibility index (Phi) is 12.2. The first-order chi connectivity index (χ1) is 14.8. The molecule has 0 bridgehead atoms. The van der Waals surface area contributed by atoms with E-state index in [-0.39, 0.29) is 12.6 Å². The van der Waals surface area contributed by atoms with Gasteiger partial charge in [-0.3, -0.25) is 4.90 Å². The number of hydrogen-bond acceptors (Lipinski definition) is 8. The van der Waals surface area contributed by atoms with Crippen molar-refractivity contribution < 1.29 is 39.2 Å². The fourth-order valence-electron chi connectivity index (χ4n) is 3.14. The van der Waals surface area contributed by atoms with E-state index in [1.807, 2.05) is 0 Å². The highest BCUT2D eigenvalue weighted by Crippen LogP contribution is 2.16. The normalized spacial score (nSPS) is 16.7. The van der Waals surface area contributed by atoms with Gasteiger partial charge in [0, 0.05) is 19.1 Å². The highest BCUT2D eigenvalue weighted by Gasteiger charge is 2.22. The molecular weight excluding hydrogens is 408 g/mol. The predicted molar refractivity (Wildman–Crippen MR) is 112 cm³/mol. The predicted octanol–water partition coefficient (Wildman–Crippen LogP) is 0.833. The van der Waals surface area contributed by atoms with E-state index >= 15 is 0 Å². The van der Waals surface area contributed by atoms with Crippen molar-refractivity contribution in [2.45, 2.75) is 38.8 Å². The summed E-state index contributed by atoms with van der Waals surface area (Å²) in [7, 11) is 0. The molecular formula is C21H32N2O8. The van der Waals surface area contributed by atoms with Crippen LogP contribution in [0.4, 0.5) is 0 Å². The van der Waals surface area contributed by atoms with Gasteiger partial charge in [0.15, 0.2) is 0 Å². The second kappa shape index (κ2) is 14.3. The number of carboxylic acids is 2. The molecule has 0 amide bonds. The van der Waals surface area contributed by atoms with Crippen molar-refractivity contribution in [3.8, 4) is 5.75 Å². The van der Waals surface area contributed by atoms with Crippen LogP contribution in [0.2, 0.25) is 0 Å². The Morgan fingerprint density at radius 1 is 1.23 bits per heavy atom. The van der Waals surface area contributed by atoms with Crippen LogP contribution in [0.1, 0.15) is 37.0 Å². The molecule has 10 heteroatoms. The van der Waals surface area contributed by atoms with Gasteiger partial charge in [-0.15, -0.1) is 0 Å². The Morgan fingerprint density at radius 2 is 1.94 bits per heavy atom. The van der Waals surface area contributed by atoms with Gasteiger partial charge in [0.25, 0.3) is 0 Å². The molecule has 0 aromatic heterocycles. The van der Waals surface area contributed by atoms with Crippen LogP contribution in [-0.2, 0) is 14.3 Å². The van der Waals surface area contributed by atoms with Gasteiger partial charge < -0.3 is 30.1 Å². The molecule has 1 aromatic carbocycles. The third-order valence-corrected chi connectivity index (χ3v) is 4.64. The van der Waals surface area contributed by atoms with Crippen molar-refractivity contribution >= 4 is 17.9 Å². The lowest BCUT2D eigenvalue weighted by molar-refractivity contribution is -0.159. The SMILES string of the molecule is CCOC(=O)c1cccc(OCC(O)CNCC2CCCN2CC)c1.O=C(O)C(=O)O. The number of ether oxygens (including phenoxy) is 2. The minimum Gasteiger partial charge on any atom is -0.491 e. The first-order valence-electron chi connectivity index (χ1n) is 10.3. The van der Waals surface area contributed by atoms with Crippen molar-refractivity contribution in [1.29, 1.82) is 0 Å². The van der Waals surface area contributed by atoms with Crippen LogP contribution in [0.25, 0.3) is 0 Å². The first kappa shape index (κ1) is 26.3. The summed E-state index contributed by atoms with van der Waals surface area (Å²) in [6, 6.07) is 7.39. The zero-order chi connectivity index (χ0) is 23.2. The second-order valence-electron chi connectivity index (χ2n) is 6.91. The number of aliphatic hydroxyl groups excluding tert-OH is 1. The van der Waals surface area contributed by atoms with Crippen molar-refractivity contribution in [3.05, 3.63) is 29.8 Å². The molecule has 31 heavy (non-hydrogen) atoms. The zero-order valence-electron chi connectivity index (χ0n) is 18.0. The molecule has 0 saturated carbocycles. The number of nitrogens with one attached hydrogen (secondary N) is 1. The number of aliphatic hydroxyl groups is 1. The number of likely N-dealkylation sites (N-methyl/N-ethyl adjacent to an activating group) is 1. The van der Waals surface area contributed by atoms with Crippen molar-refractivity contribution in [3.63, 3.8) is 0 Å². The molecule has 1 saturated heterocycles. The van der Waals surface area contributed by atoms with Crippen LogP contribution < -0.4 is 10.1 Å². The Bertz CT molecular complexity index is 700. The number of carbonyl (C=O) groups is 3. The second-order valence-corrected chi connectivity index (χ2v) is 6.91. The largest absolute Gasteiger partial charge is 0.491 e. The fourth-order valence-corrected chi connectivity index (χ4v) is 3.14. The maximum Gasteiger partial charge on any atom is 0.414 e. The number of aliphatic carboxylic acids is 2. The summed E-state index contributed by atoms with van der Waals surface area (Å²) in [4.78, 5) is 32.4. The van der Waals surface area contributed by atoms with Crippen LogP contribution in [-0.4, -0.2) is 89.7 Å². The maximum absolute atomic E-state index is 11.7. The molecule has 1 heterocycles. The van der Waals surface area contributed by atoms with E-state index in [1.54, 1.807) is 31.2 Å². The lowest BCUT2D eigenvalue weighted by atomic mass is 10.2. The van der Waals surface area contributed by atoms with E-state index in [9.17, 15) is 9.90 Å². The summed E-state index contributed by atoms with van der Waals surface area (Å²) >= 11 is 0. The molecule has 1 aliphatic heterocycles. The highest BCUT2D eigenvalue weighted by molar-refractivity contribution is 6.27. The zero-order valence-corrected chi connectivity index (χ0v) is 18.0. The van der Waals surface area contributed by atoms with Crippen molar-refractivity contribution in [1.82, 2.24) is 10.2 Å². The van der Waals surface area contributed by atoms with Crippen molar-refractivity contribution in [2.75, 3.05) is 39.4 Å². The lowest BCUT2D eigenvalue weighted by Gasteiger charge is -2.23. The molecule has 10 nitrogen and oxygen atoms in total. The third-order valence-electron chi connectivity index (χ3n) is 4.64. The highest BCUT2D eigenvalue weighted by atomic mass is 16.5. The van der Waals surface area contributed by atoms with Crippen LogP contribution in [0.5, 0.6) is 5.75 Å². The molecule has 174 valence electrons. The van der Waals surface area contributed by atoms with Crippen LogP contribution in [0.3, 0.4) is 0 Å².